The molecule has 2 aromatic carbocycles. The molecule has 0 heterocycles. The van der Waals surface area contributed by atoms with Crippen molar-refractivity contribution in [3.63, 3.8) is 0 Å². The van der Waals surface area contributed by atoms with E-state index >= 15 is 0 Å². The minimum atomic E-state index is -0.219. The quantitative estimate of drug-likeness (QED) is 0.773. The van der Waals surface area contributed by atoms with Crippen molar-refractivity contribution in [1.82, 2.24) is 0 Å². The molecule has 0 fully saturated rings. The summed E-state index contributed by atoms with van der Waals surface area (Å²) in [5, 5.41) is 3.63. The molecule has 5 heteroatoms. The van der Waals surface area contributed by atoms with Crippen LogP contribution in [0.2, 0.25) is 10.0 Å². The molecule has 0 aromatic heterocycles. The fraction of sp³-hybridized carbons (Fsp3) is 0.0714. The van der Waals surface area contributed by atoms with Crippen molar-refractivity contribution in [3.05, 3.63) is 62.0 Å². The van der Waals surface area contributed by atoms with E-state index in [0.29, 0.717) is 15.6 Å². The fourth-order valence-corrected chi connectivity index (χ4v) is 2.37. The Morgan fingerprint density at radius 3 is 2.47 bits per heavy atom. The predicted octanol–water partition coefficient (Wildman–Crippen LogP) is 5.32. The van der Waals surface area contributed by atoms with Gasteiger partial charge < -0.3 is 5.32 Å². The molecule has 0 spiro atoms. The molecule has 2 rings (SSSR count). The third-order valence-corrected chi connectivity index (χ3v) is 3.85. The number of carbonyl (C=O) groups excluding carboxylic acids is 1. The topological polar surface area (TPSA) is 29.1 Å². The lowest BCUT2D eigenvalue weighted by atomic mass is 10.1. The van der Waals surface area contributed by atoms with E-state index in [1.54, 1.807) is 18.2 Å². The molecule has 0 bridgehead atoms. The molecule has 0 aliphatic heterocycles. The number of hydrogen-bond donors (Lipinski definition) is 1. The SMILES string of the molecule is Cc1cc(Br)ccc1NC(=O)c1ccc(Cl)c(Cl)c1. The molecule has 0 radical (unpaired) electrons. The summed E-state index contributed by atoms with van der Waals surface area (Å²) in [6.07, 6.45) is 0. The Kier molecular flexibility index (Phi) is 4.50. The average Bonchev–Trinajstić information content (AvgIpc) is 2.36. The molecule has 0 saturated carbocycles. The molecule has 0 aliphatic carbocycles. The second-order valence-corrected chi connectivity index (χ2v) is 5.77. The van der Waals surface area contributed by atoms with Crippen molar-refractivity contribution in [2.24, 2.45) is 0 Å². The first-order chi connectivity index (χ1) is 8.97. The van der Waals surface area contributed by atoms with E-state index in [0.717, 1.165) is 15.7 Å². The lowest BCUT2D eigenvalue weighted by Gasteiger charge is -2.09. The number of carbonyl (C=O) groups is 1. The number of aryl methyl sites for hydroxylation is 1. The molecule has 1 N–H and O–H groups in total. The summed E-state index contributed by atoms with van der Waals surface area (Å²) in [5.74, 6) is -0.219. The third-order valence-electron chi connectivity index (χ3n) is 2.62. The zero-order valence-corrected chi connectivity index (χ0v) is 13.1. The highest BCUT2D eigenvalue weighted by molar-refractivity contribution is 9.10. The Balaban J connectivity index is 2.23. The van der Waals surface area contributed by atoms with Crippen molar-refractivity contribution in [3.8, 4) is 0 Å². The van der Waals surface area contributed by atoms with Crippen LogP contribution in [0.15, 0.2) is 40.9 Å². The van der Waals surface area contributed by atoms with Crippen LogP contribution in [0.3, 0.4) is 0 Å². The van der Waals surface area contributed by atoms with Crippen LogP contribution in [-0.4, -0.2) is 5.91 Å². The molecule has 19 heavy (non-hydrogen) atoms. The van der Waals surface area contributed by atoms with Crippen LogP contribution in [0, 0.1) is 6.92 Å². The maximum atomic E-state index is 12.1. The van der Waals surface area contributed by atoms with Gasteiger partial charge in [0, 0.05) is 15.7 Å². The lowest BCUT2D eigenvalue weighted by molar-refractivity contribution is 0.102. The number of nitrogens with one attached hydrogen (secondary N) is 1. The Morgan fingerprint density at radius 1 is 1.11 bits per heavy atom. The molecule has 0 atom stereocenters. The number of amides is 1. The summed E-state index contributed by atoms with van der Waals surface area (Å²) < 4.78 is 0.970. The summed E-state index contributed by atoms with van der Waals surface area (Å²) in [6, 6.07) is 10.4. The van der Waals surface area contributed by atoms with Gasteiger partial charge in [0.2, 0.25) is 0 Å². The smallest absolute Gasteiger partial charge is 0.255 e. The van der Waals surface area contributed by atoms with Crippen LogP contribution in [0.1, 0.15) is 15.9 Å². The zero-order valence-electron chi connectivity index (χ0n) is 10.0. The van der Waals surface area contributed by atoms with Crippen LogP contribution in [0.4, 0.5) is 5.69 Å². The van der Waals surface area contributed by atoms with E-state index in [1.807, 2.05) is 25.1 Å². The number of rotatable bonds is 2. The Bertz CT molecular complexity index is 643. The first-order valence-electron chi connectivity index (χ1n) is 5.50. The molecule has 2 nitrogen and oxygen atoms in total. The standard InChI is InChI=1S/C14H10BrCl2NO/c1-8-6-10(15)3-5-13(8)18-14(19)9-2-4-11(16)12(17)7-9/h2-7H,1H3,(H,18,19). The van der Waals surface area contributed by atoms with Crippen LogP contribution in [0.5, 0.6) is 0 Å². The van der Waals surface area contributed by atoms with Gasteiger partial charge in [-0.25, -0.2) is 0 Å². The van der Waals surface area contributed by atoms with Gasteiger partial charge in [-0.3, -0.25) is 4.79 Å². The molecule has 1 amide bonds. The van der Waals surface area contributed by atoms with E-state index < -0.39 is 0 Å². The average molecular weight is 359 g/mol. The zero-order chi connectivity index (χ0) is 14.0. The Morgan fingerprint density at radius 2 is 1.84 bits per heavy atom. The van der Waals surface area contributed by atoms with Gasteiger partial charge in [-0.2, -0.15) is 0 Å². The van der Waals surface area contributed by atoms with Crippen molar-refractivity contribution >= 4 is 50.7 Å². The van der Waals surface area contributed by atoms with E-state index in [1.165, 1.54) is 0 Å². The highest BCUT2D eigenvalue weighted by atomic mass is 79.9. The van der Waals surface area contributed by atoms with E-state index in [-0.39, 0.29) is 5.91 Å². The van der Waals surface area contributed by atoms with Gasteiger partial charge in [0.1, 0.15) is 0 Å². The predicted molar refractivity (Wildman–Crippen MR) is 83.3 cm³/mol. The first-order valence-corrected chi connectivity index (χ1v) is 7.05. The van der Waals surface area contributed by atoms with Crippen LogP contribution >= 0.6 is 39.1 Å². The maximum absolute atomic E-state index is 12.1. The van der Waals surface area contributed by atoms with Gasteiger partial charge in [0.05, 0.1) is 10.0 Å². The molecule has 0 aliphatic rings. The summed E-state index contributed by atoms with van der Waals surface area (Å²) in [4.78, 5) is 12.1. The highest BCUT2D eigenvalue weighted by Crippen LogP contribution is 2.24. The molecular weight excluding hydrogens is 349 g/mol. The van der Waals surface area contributed by atoms with E-state index in [2.05, 4.69) is 21.2 Å². The number of hydrogen-bond acceptors (Lipinski definition) is 1. The minimum Gasteiger partial charge on any atom is -0.322 e. The van der Waals surface area contributed by atoms with E-state index in [9.17, 15) is 4.79 Å². The molecule has 2 aromatic rings. The van der Waals surface area contributed by atoms with Gasteiger partial charge in [-0.15, -0.1) is 0 Å². The summed E-state index contributed by atoms with van der Waals surface area (Å²) in [7, 11) is 0. The summed E-state index contributed by atoms with van der Waals surface area (Å²) in [6.45, 7) is 1.93. The van der Waals surface area contributed by atoms with Gasteiger partial charge >= 0.3 is 0 Å². The van der Waals surface area contributed by atoms with Gasteiger partial charge in [0.15, 0.2) is 0 Å². The molecule has 0 unspecified atom stereocenters. The Labute approximate surface area is 129 Å². The van der Waals surface area contributed by atoms with Crippen LogP contribution < -0.4 is 5.32 Å². The second-order valence-electron chi connectivity index (χ2n) is 4.04. The number of halogens is 3. The van der Waals surface area contributed by atoms with Crippen molar-refractivity contribution in [1.29, 1.82) is 0 Å². The van der Waals surface area contributed by atoms with Crippen molar-refractivity contribution in [2.45, 2.75) is 6.92 Å². The highest BCUT2D eigenvalue weighted by Gasteiger charge is 2.09. The lowest BCUT2D eigenvalue weighted by Crippen LogP contribution is -2.12. The van der Waals surface area contributed by atoms with Crippen molar-refractivity contribution in [2.75, 3.05) is 5.32 Å². The maximum Gasteiger partial charge on any atom is 0.255 e. The molecule has 0 saturated heterocycles. The Hall–Kier alpha value is -1.03. The minimum absolute atomic E-state index is 0.219. The van der Waals surface area contributed by atoms with Crippen LogP contribution in [-0.2, 0) is 0 Å². The molecular formula is C14H10BrCl2NO. The third kappa shape index (κ3) is 3.50. The normalized spacial score (nSPS) is 10.3. The monoisotopic (exact) mass is 357 g/mol. The summed E-state index contributed by atoms with van der Waals surface area (Å²) >= 11 is 15.1. The van der Waals surface area contributed by atoms with E-state index in [4.69, 9.17) is 23.2 Å². The first kappa shape index (κ1) is 14.4. The largest absolute Gasteiger partial charge is 0.322 e. The van der Waals surface area contributed by atoms with Crippen molar-refractivity contribution < 1.29 is 4.79 Å². The number of benzene rings is 2. The number of anilines is 1. The fourth-order valence-electron chi connectivity index (χ4n) is 1.60. The van der Waals surface area contributed by atoms with Crippen LogP contribution in [0.25, 0.3) is 0 Å². The van der Waals surface area contributed by atoms with Gasteiger partial charge in [-0.05, 0) is 48.9 Å². The van der Waals surface area contributed by atoms with Gasteiger partial charge in [0.25, 0.3) is 5.91 Å². The second kappa shape index (κ2) is 5.95. The van der Waals surface area contributed by atoms with Gasteiger partial charge in [-0.1, -0.05) is 39.1 Å². The summed E-state index contributed by atoms with van der Waals surface area (Å²) in [5.41, 5.74) is 2.21. The molecule has 98 valence electrons.